The lowest BCUT2D eigenvalue weighted by Crippen LogP contribution is -2.30. The van der Waals surface area contributed by atoms with Crippen LogP contribution in [0.25, 0.3) is 0 Å². The third-order valence-electron chi connectivity index (χ3n) is 2.20. The summed E-state index contributed by atoms with van der Waals surface area (Å²) in [6, 6.07) is 8.70. The SMILES string of the molecule is Cc1ccc([C@@H](CO)NC(C)C)cc1. The summed E-state index contributed by atoms with van der Waals surface area (Å²) in [4.78, 5) is 0. The first-order valence-corrected chi connectivity index (χ1v) is 5.07. The fourth-order valence-electron chi connectivity index (χ4n) is 1.46. The van der Waals surface area contributed by atoms with Crippen LogP contribution in [-0.4, -0.2) is 17.8 Å². The zero-order chi connectivity index (χ0) is 10.6. The Bertz CT molecular complexity index is 266. The Morgan fingerprint density at radius 1 is 1.21 bits per heavy atom. The van der Waals surface area contributed by atoms with Gasteiger partial charge in [0.15, 0.2) is 0 Å². The van der Waals surface area contributed by atoms with Gasteiger partial charge in [0.25, 0.3) is 0 Å². The van der Waals surface area contributed by atoms with Crippen molar-refractivity contribution in [2.75, 3.05) is 6.61 Å². The lowest BCUT2D eigenvalue weighted by Gasteiger charge is -2.19. The number of benzene rings is 1. The Labute approximate surface area is 86.0 Å². The van der Waals surface area contributed by atoms with Gasteiger partial charge in [-0.1, -0.05) is 43.7 Å². The summed E-state index contributed by atoms with van der Waals surface area (Å²) in [5.74, 6) is 0. The van der Waals surface area contributed by atoms with Gasteiger partial charge in [-0.3, -0.25) is 0 Å². The van der Waals surface area contributed by atoms with Crippen molar-refractivity contribution in [2.45, 2.75) is 32.9 Å². The first kappa shape index (κ1) is 11.2. The molecule has 78 valence electrons. The second-order valence-electron chi connectivity index (χ2n) is 3.97. The molecule has 0 saturated heterocycles. The van der Waals surface area contributed by atoms with Gasteiger partial charge in [-0.2, -0.15) is 0 Å². The van der Waals surface area contributed by atoms with E-state index < -0.39 is 0 Å². The molecule has 2 heteroatoms. The van der Waals surface area contributed by atoms with Crippen LogP contribution in [0.2, 0.25) is 0 Å². The lowest BCUT2D eigenvalue weighted by molar-refractivity contribution is 0.237. The van der Waals surface area contributed by atoms with Crippen molar-refractivity contribution in [1.29, 1.82) is 0 Å². The zero-order valence-electron chi connectivity index (χ0n) is 9.12. The van der Waals surface area contributed by atoms with Gasteiger partial charge in [-0.25, -0.2) is 0 Å². The Kier molecular flexibility index (Phi) is 4.11. The van der Waals surface area contributed by atoms with Gasteiger partial charge in [-0.15, -0.1) is 0 Å². The quantitative estimate of drug-likeness (QED) is 0.767. The van der Waals surface area contributed by atoms with E-state index in [9.17, 15) is 5.11 Å². The van der Waals surface area contributed by atoms with Crippen molar-refractivity contribution >= 4 is 0 Å². The molecule has 0 saturated carbocycles. The van der Waals surface area contributed by atoms with E-state index in [2.05, 4.69) is 50.4 Å². The van der Waals surface area contributed by atoms with Crippen LogP contribution in [0.3, 0.4) is 0 Å². The summed E-state index contributed by atoms with van der Waals surface area (Å²) < 4.78 is 0. The normalized spacial score (nSPS) is 13.2. The molecule has 1 atom stereocenters. The van der Waals surface area contributed by atoms with Crippen molar-refractivity contribution in [3.05, 3.63) is 35.4 Å². The minimum absolute atomic E-state index is 0.0515. The van der Waals surface area contributed by atoms with Crippen molar-refractivity contribution in [1.82, 2.24) is 5.32 Å². The van der Waals surface area contributed by atoms with Crippen LogP contribution in [0.15, 0.2) is 24.3 Å². The highest BCUT2D eigenvalue weighted by Crippen LogP contribution is 2.13. The van der Waals surface area contributed by atoms with E-state index in [1.165, 1.54) is 5.56 Å². The molecule has 2 N–H and O–H groups in total. The molecule has 0 aliphatic heterocycles. The molecule has 0 aliphatic rings. The third-order valence-corrected chi connectivity index (χ3v) is 2.20. The largest absolute Gasteiger partial charge is 0.394 e. The monoisotopic (exact) mass is 193 g/mol. The second-order valence-corrected chi connectivity index (χ2v) is 3.97. The fraction of sp³-hybridized carbons (Fsp3) is 0.500. The first-order valence-electron chi connectivity index (χ1n) is 5.07. The predicted molar refractivity (Wildman–Crippen MR) is 59.3 cm³/mol. The lowest BCUT2D eigenvalue weighted by atomic mass is 10.1. The summed E-state index contributed by atoms with van der Waals surface area (Å²) in [6.45, 7) is 6.36. The van der Waals surface area contributed by atoms with Gasteiger partial charge in [0.05, 0.1) is 12.6 Å². The van der Waals surface area contributed by atoms with Crippen LogP contribution >= 0.6 is 0 Å². The molecule has 1 aromatic carbocycles. The maximum atomic E-state index is 9.24. The van der Waals surface area contributed by atoms with Gasteiger partial charge in [0.2, 0.25) is 0 Å². The maximum Gasteiger partial charge on any atom is 0.0626 e. The molecular weight excluding hydrogens is 174 g/mol. The van der Waals surface area contributed by atoms with Crippen LogP contribution in [-0.2, 0) is 0 Å². The molecule has 0 fully saturated rings. The molecular formula is C12H19NO. The highest BCUT2D eigenvalue weighted by molar-refractivity contribution is 5.24. The highest BCUT2D eigenvalue weighted by atomic mass is 16.3. The molecule has 0 radical (unpaired) electrons. The number of hydrogen-bond donors (Lipinski definition) is 2. The number of rotatable bonds is 4. The summed E-state index contributed by atoms with van der Waals surface area (Å²) in [7, 11) is 0. The standard InChI is InChI=1S/C12H19NO/c1-9(2)13-12(8-14)11-6-4-10(3)5-7-11/h4-7,9,12-14H,8H2,1-3H3/t12-/m1/s1. The van der Waals surface area contributed by atoms with Gasteiger partial charge in [0.1, 0.15) is 0 Å². The molecule has 2 nitrogen and oxygen atoms in total. The van der Waals surface area contributed by atoms with E-state index in [1.807, 2.05) is 0 Å². The van der Waals surface area contributed by atoms with Gasteiger partial charge >= 0.3 is 0 Å². The maximum absolute atomic E-state index is 9.24. The summed E-state index contributed by atoms with van der Waals surface area (Å²) in [5.41, 5.74) is 2.39. The van der Waals surface area contributed by atoms with E-state index in [0.29, 0.717) is 6.04 Å². The van der Waals surface area contributed by atoms with E-state index in [1.54, 1.807) is 0 Å². The number of hydrogen-bond acceptors (Lipinski definition) is 2. The van der Waals surface area contributed by atoms with E-state index in [-0.39, 0.29) is 12.6 Å². The van der Waals surface area contributed by atoms with Crippen LogP contribution in [0, 0.1) is 6.92 Å². The molecule has 1 aromatic rings. The van der Waals surface area contributed by atoms with Gasteiger partial charge < -0.3 is 10.4 Å². The summed E-state index contributed by atoms with van der Waals surface area (Å²) >= 11 is 0. The predicted octanol–water partition coefficient (Wildman–Crippen LogP) is 2.03. The second kappa shape index (κ2) is 5.13. The molecule has 0 aliphatic carbocycles. The van der Waals surface area contributed by atoms with Crippen molar-refractivity contribution in [2.24, 2.45) is 0 Å². The summed E-state index contributed by atoms with van der Waals surface area (Å²) in [6.07, 6.45) is 0. The molecule has 1 rings (SSSR count). The van der Waals surface area contributed by atoms with E-state index in [4.69, 9.17) is 0 Å². The molecule has 0 unspecified atom stereocenters. The molecule has 14 heavy (non-hydrogen) atoms. The van der Waals surface area contributed by atoms with Gasteiger partial charge in [-0.05, 0) is 12.5 Å². The minimum atomic E-state index is 0.0515. The van der Waals surface area contributed by atoms with Crippen molar-refractivity contribution in [3.63, 3.8) is 0 Å². The van der Waals surface area contributed by atoms with Crippen LogP contribution in [0.5, 0.6) is 0 Å². The van der Waals surface area contributed by atoms with Crippen LogP contribution in [0.1, 0.15) is 31.0 Å². The highest BCUT2D eigenvalue weighted by Gasteiger charge is 2.10. The first-order chi connectivity index (χ1) is 6.63. The molecule has 0 aromatic heterocycles. The van der Waals surface area contributed by atoms with Crippen molar-refractivity contribution < 1.29 is 5.11 Å². The number of aliphatic hydroxyl groups is 1. The molecule has 0 bridgehead atoms. The topological polar surface area (TPSA) is 32.3 Å². The number of nitrogens with one attached hydrogen (secondary N) is 1. The van der Waals surface area contributed by atoms with Crippen LogP contribution < -0.4 is 5.32 Å². The van der Waals surface area contributed by atoms with E-state index in [0.717, 1.165) is 5.56 Å². The number of aryl methyl sites for hydroxylation is 1. The summed E-state index contributed by atoms with van der Waals surface area (Å²) in [5, 5.41) is 12.6. The molecule has 0 amide bonds. The third kappa shape index (κ3) is 3.13. The number of aliphatic hydroxyl groups excluding tert-OH is 1. The Hall–Kier alpha value is -0.860. The van der Waals surface area contributed by atoms with Crippen LogP contribution in [0.4, 0.5) is 0 Å². The fourth-order valence-corrected chi connectivity index (χ4v) is 1.46. The smallest absolute Gasteiger partial charge is 0.0626 e. The Morgan fingerprint density at radius 2 is 1.79 bits per heavy atom. The van der Waals surface area contributed by atoms with Gasteiger partial charge in [0, 0.05) is 6.04 Å². The Morgan fingerprint density at radius 3 is 2.21 bits per heavy atom. The van der Waals surface area contributed by atoms with Crippen molar-refractivity contribution in [3.8, 4) is 0 Å². The average molecular weight is 193 g/mol. The minimum Gasteiger partial charge on any atom is -0.394 e. The molecule has 0 heterocycles. The Balaban J connectivity index is 2.73. The molecule has 0 spiro atoms. The van der Waals surface area contributed by atoms with E-state index >= 15 is 0 Å². The zero-order valence-corrected chi connectivity index (χ0v) is 9.12. The average Bonchev–Trinajstić information content (AvgIpc) is 2.15.